The van der Waals surface area contributed by atoms with Crippen molar-refractivity contribution in [3.05, 3.63) is 25.3 Å². The fourth-order valence-corrected chi connectivity index (χ4v) is 3.56. The Morgan fingerprint density at radius 2 is 2.31 bits per heavy atom. The standard InChI is InChI=1S/C8H8Br2N4OS/c1-2-14-3-4(12-13-14)5(15)6-7(9)11-8(10)16-6/h3,5,15H,2H2,1H3. The summed E-state index contributed by atoms with van der Waals surface area (Å²) in [5.74, 6) is 0. The fraction of sp³-hybridized carbons (Fsp3) is 0.375. The SMILES string of the molecule is CCn1cc(C(O)c2sc(Br)nc2Br)nn1. The van der Waals surface area contributed by atoms with Crippen LogP contribution in [0.3, 0.4) is 0 Å². The Morgan fingerprint density at radius 3 is 2.81 bits per heavy atom. The lowest BCUT2D eigenvalue weighted by molar-refractivity contribution is 0.218. The van der Waals surface area contributed by atoms with Gasteiger partial charge in [-0.05, 0) is 38.8 Å². The molecule has 0 saturated heterocycles. The number of aryl methyl sites for hydroxylation is 1. The molecule has 2 heterocycles. The van der Waals surface area contributed by atoms with Gasteiger partial charge in [0, 0.05) is 6.54 Å². The lowest BCUT2D eigenvalue weighted by Gasteiger charge is -2.03. The van der Waals surface area contributed by atoms with E-state index in [1.54, 1.807) is 10.9 Å². The van der Waals surface area contributed by atoms with Crippen LogP contribution in [-0.4, -0.2) is 25.1 Å². The van der Waals surface area contributed by atoms with E-state index >= 15 is 0 Å². The molecule has 2 rings (SSSR count). The van der Waals surface area contributed by atoms with Gasteiger partial charge in [0.05, 0.1) is 11.1 Å². The Kier molecular flexibility index (Phi) is 3.73. The molecule has 0 saturated carbocycles. The molecule has 0 aliphatic carbocycles. The zero-order chi connectivity index (χ0) is 11.7. The first-order valence-electron chi connectivity index (χ1n) is 4.51. The number of rotatable bonds is 3. The molecule has 0 aliphatic heterocycles. The normalized spacial score (nSPS) is 13.0. The summed E-state index contributed by atoms with van der Waals surface area (Å²) in [7, 11) is 0. The van der Waals surface area contributed by atoms with Crippen molar-refractivity contribution >= 4 is 43.2 Å². The Bertz CT molecular complexity index is 498. The van der Waals surface area contributed by atoms with Gasteiger partial charge in [-0.1, -0.05) is 5.21 Å². The summed E-state index contributed by atoms with van der Waals surface area (Å²) in [6, 6.07) is 0. The Labute approximate surface area is 113 Å². The van der Waals surface area contributed by atoms with Gasteiger partial charge in [-0.2, -0.15) is 0 Å². The zero-order valence-corrected chi connectivity index (χ0v) is 12.3. The molecule has 16 heavy (non-hydrogen) atoms. The van der Waals surface area contributed by atoms with Gasteiger partial charge >= 0.3 is 0 Å². The maximum atomic E-state index is 10.1. The molecule has 1 atom stereocenters. The molecule has 0 aromatic carbocycles. The Balaban J connectivity index is 2.31. The molecule has 0 fully saturated rings. The summed E-state index contributed by atoms with van der Waals surface area (Å²) in [4.78, 5) is 4.84. The van der Waals surface area contributed by atoms with Crippen molar-refractivity contribution < 1.29 is 5.11 Å². The van der Waals surface area contributed by atoms with Crippen molar-refractivity contribution in [1.29, 1.82) is 0 Å². The number of aliphatic hydroxyl groups is 1. The van der Waals surface area contributed by atoms with Gasteiger partial charge in [0.15, 0.2) is 3.92 Å². The van der Waals surface area contributed by atoms with Gasteiger partial charge < -0.3 is 5.11 Å². The van der Waals surface area contributed by atoms with Gasteiger partial charge in [-0.3, -0.25) is 4.68 Å². The van der Waals surface area contributed by atoms with Gasteiger partial charge in [0.1, 0.15) is 16.4 Å². The van der Waals surface area contributed by atoms with Crippen LogP contribution in [0.25, 0.3) is 0 Å². The first-order chi connectivity index (χ1) is 7.61. The van der Waals surface area contributed by atoms with Crippen LogP contribution in [0.5, 0.6) is 0 Å². The molecule has 86 valence electrons. The van der Waals surface area contributed by atoms with Crippen LogP contribution in [0.1, 0.15) is 23.6 Å². The maximum Gasteiger partial charge on any atom is 0.160 e. The average molecular weight is 368 g/mol. The van der Waals surface area contributed by atoms with E-state index in [0.717, 1.165) is 15.3 Å². The first kappa shape index (κ1) is 12.2. The van der Waals surface area contributed by atoms with Crippen LogP contribution in [-0.2, 0) is 6.54 Å². The van der Waals surface area contributed by atoms with E-state index in [9.17, 15) is 5.11 Å². The summed E-state index contributed by atoms with van der Waals surface area (Å²) >= 11 is 7.93. The highest BCUT2D eigenvalue weighted by Gasteiger charge is 2.20. The Hall–Kier alpha value is -0.310. The van der Waals surface area contributed by atoms with Crippen molar-refractivity contribution in [2.24, 2.45) is 0 Å². The summed E-state index contributed by atoms with van der Waals surface area (Å²) < 4.78 is 3.02. The second-order valence-corrected chi connectivity index (χ2v) is 6.08. The number of nitrogens with zero attached hydrogens (tertiary/aromatic N) is 4. The monoisotopic (exact) mass is 366 g/mol. The molecule has 2 aromatic heterocycles. The quantitative estimate of drug-likeness (QED) is 0.904. The van der Waals surface area contributed by atoms with E-state index in [0.29, 0.717) is 10.3 Å². The molecule has 8 heteroatoms. The molecule has 0 amide bonds. The third-order valence-corrected chi connectivity index (χ3v) is 4.42. The van der Waals surface area contributed by atoms with Crippen molar-refractivity contribution in [2.75, 3.05) is 0 Å². The van der Waals surface area contributed by atoms with E-state index in [2.05, 4.69) is 47.2 Å². The number of halogens is 2. The molecule has 0 spiro atoms. The highest BCUT2D eigenvalue weighted by molar-refractivity contribution is 9.11. The number of thiazole rings is 1. The molecule has 1 N–H and O–H groups in total. The summed E-state index contributed by atoms with van der Waals surface area (Å²) in [6.45, 7) is 2.69. The number of hydrogen-bond acceptors (Lipinski definition) is 5. The van der Waals surface area contributed by atoms with Crippen LogP contribution in [0.4, 0.5) is 0 Å². The molecule has 0 bridgehead atoms. The minimum Gasteiger partial charge on any atom is -0.381 e. The largest absolute Gasteiger partial charge is 0.381 e. The molecule has 2 aromatic rings. The average Bonchev–Trinajstić information content (AvgIpc) is 2.84. The molecule has 0 aliphatic rings. The summed E-state index contributed by atoms with van der Waals surface area (Å²) in [6.07, 6.45) is 0.934. The fourth-order valence-electron chi connectivity index (χ4n) is 1.18. The highest BCUT2D eigenvalue weighted by Crippen LogP contribution is 2.34. The Morgan fingerprint density at radius 1 is 1.56 bits per heavy atom. The lowest BCUT2D eigenvalue weighted by Crippen LogP contribution is -1.98. The minimum atomic E-state index is -0.793. The number of aromatic nitrogens is 4. The maximum absolute atomic E-state index is 10.1. The van der Waals surface area contributed by atoms with E-state index in [4.69, 9.17) is 0 Å². The third kappa shape index (κ3) is 2.34. The van der Waals surface area contributed by atoms with E-state index in [-0.39, 0.29) is 0 Å². The summed E-state index contributed by atoms with van der Waals surface area (Å²) in [5, 5.41) is 17.9. The summed E-state index contributed by atoms with van der Waals surface area (Å²) in [5.41, 5.74) is 0.527. The van der Waals surface area contributed by atoms with Crippen LogP contribution in [0, 0.1) is 0 Å². The molecule has 0 radical (unpaired) electrons. The number of aliphatic hydroxyl groups excluding tert-OH is 1. The molecular formula is C8H8Br2N4OS. The van der Waals surface area contributed by atoms with Crippen LogP contribution < -0.4 is 0 Å². The minimum absolute atomic E-state index is 0.527. The predicted molar refractivity (Wildman–Crippen MR) is 67.3 cm³/mol. The van der Waals surface area contributed by atoms with Gasteiger partial charge in [-0.15, -0.1) is 16.4 Å². The van der Waals surface area contributed by atoms with Crippen molar-refractivity contribution in [1.82, 2.24) is 20.0 Å². The number of hydrogen-bond donors (Lipinski definition) is 1. The van der Waals surface area contributed by atoms with E-state index < -0.39 is 6.10 Å². The second kappa shape index (κ2) is 4.91. The van der Waals surface area contributed by atoms with Crippen molar-refractivity contribution in [3.63, 3.8) is 0 Å². The van der Waals surface area contributed by atoms with E-state index in [1.165, 1.54) is 11.3 Å². The zero-order valence-electron chi connectivity index (χ0n) is 8.26. The van der Waals surface area contributed by atoms with Crippen LogP contribution >= 0.6 is 43.2 Å². The topological polar surface area (TPSA) is 63.8 Å². The van der Waals surface area contributed by atoms with Gasteiger partial charge in [-0.25, -0.2) is 4.98 Å². The highest BCUT2D eigenvalue weighted by atomic mass is 79.9. The molecule has 1 unspecified atom stereocenters. The molecular weight excluding hydrogens is 360 g/mol. The smallest absolute Gasteiger partial charge is 0.160 e. The third-order valence-electron chi connectivity index (χ3n) is 1.99. The molecule has 5 nitrogen and oxygen atoms in total. The van der Waals surface area contributed by atoms with Crippen LogP contribution in [0.2, 0.25) is 0 Å². The van der Waals surface area contributed by atoms with Crippen molar-refractivity contribution in [2.45, 2.75) is 19.6 Å². The van der Waals surface area contributed by atoms with Crippen LogP contribution in [0.15, 0.2) is 14.7 Å². The predicted octanol–water partition coefficient (Wildman–Crippen LogP) is 2.36. The lowest BCUT2D eigenvalue weighted by atomic mass is 10.2. The van der Waals surface area contributed by atoms with Gasteiger partial charge in [0.2, 0.25) is 0 Å². The first-order valence-corrected chi connectivity index (χ1v) is 6.92. The second-order valence-electron chi connectivity index (χ2n) is 3.02. The van der Waals surface area contributed by atoms with Crippen molar-refractivity contribution in [3.8, 4) is 0 Å². The van der Waals surface area contributed by atoms with E-state index in [1.807, 2.05) is 6.92 Å². The van der Waals surface area contributed by atoms with Gasteiger partial charge in [0.25, 0.3) is 0 Å².